The van der Waals surface area contributed by atoms with Crippen LogP contribution in [0.3, 0.4) is 0 Å². The van der Waals surface area contributed by atoms with Crippen LogP contribution >= 0.6 is 11.6 Å². The van der Waals surface area contributed by atoms with E-state index in [0.717, 1.165) is 0 Å². The number of carbonyl (C=O) groups is 1. The maximum Gasteiger partial charge on any atom is 0.161 e. The van der Waals surface area contributed by atoms with Crippen molar-refractivity contribution < 1.29 is 13.2 Å². The maximum absolute atomic E-state index is 11.3. The third kappa shape index (κ3) is 3.12. The first-order chi connectivity index (χ1) is 6.55. The normalized spacial score (nSPS) is 11.2. The Kier molecular flexibility index (Phi) is 3.66. The molecule has 0 aliphatic heterocycles. The van der Waals surface area contributed by atoms with Crippen LogP contribution in [0.1, 0.15) is 5.56 Å². The molecule has 5 heteroatoms. The number of sulfone groups is 1. The Hall–Kier alpha value is -0.870. The third-order valence-corrected chi connectivity index (χ3v) is 3.42. The van der Waals surface area contributed by atoms with Crippen molar-refractivity contribution in [2.75, 3.05) is 5.75 Å². The minimum absolute atomic E-state index is 0.189. The first-order valence-electron chi connectivity index (χ1n) is 3.92. The van der Waals surface area contributed by atoms with Crippen molar-refractivity contribution in [3.05, 3.63) is 34.9 Å². The summed E-state index contributed by atoms with van der Waals surface area (Å²) in [5.41, 5.74) is 0.524. The zero-order valence-corrected chi connectivity index (χ0v) is 8.88. The van der Waals surface area contributed by atoms with E-state index in [1.165, 1.54) is 0 Å². The van der Waals surface area contributed by atoms with Crippen LogP contribution in [-0.4, -0.2) is 20.5 Å². The fraction of sp³-hybridized carbons (Fsp3) is 0.222. The average Bonchev–Trinajstić information content (AvgIpc) is 2.08. The fourth-order valence-electron chi connectivity index (χ4n) is 1.01. The second kappa shape index (κ2) is 4.57. The molecule has 76 valence electrons. The molecule has 0 aromatic heterocycles. The lowest BCUT2D eigenvalue weighted by Crippen LogP contribution is -2.10. The van der Waals surface area contributed by atoms with Gasteiger partial charge in [0.1, 0.15) is 12.0 Å². The van der Waals surface area contributed by atoms with Crippen molar-refractivity contribution in [2.45, 2.75) is 5.75 Å². The van der Waals surface area contributed by atoms with Gasteiger partial charge in [0.25, 0.3) is 0 Å². The van der Waals surface area contributed by atoms with Gasteiger partial charge in [0.2, 0.25) is 0 Å². The molecule has 0 aliphatic rings. The Morgan fingerprint density at radius 2 is 1.93 bits per heavy atom. The monoisotopic (exact) mass is 232 g/mol. The van der Waals surface area contributed by atoms with Gasteiger partial charge in [-0.05, 0) is 11.6 Å². The van der Waals surface area contributed by atoms with E-state index < -0.39 is 15.6 Å². The molecule has 0 atom stereocenters. The predicted octanol–water partition coefficient (Wildman–Crippen LogP) is 1.45. The summed E-state index contributed by atoms with van der Waals surface area (Å²) < 4.78 is 22.5. The number of hydrogen-bond donors (Lipinski definition) is 0. The molecule has 1 aromatic carbocycles. The van der Waals surface area contributed by atoms with Gasteiger partial charge in [0.15, 0.2) is 9.84 Å². The number of aldehydes is 1. The predicted molar refractivity (Wildman–Crippen MR) is 55.0 cm³/mol. The second-order valence-electron chi connectivity index (χ2n) is 2.81. The Morgan fingerprint density at radius 3 is 2.50 bits per heavy atom. The molecule has 0 amide bonds. The first-order valence-corrected chi connectivity index (χ1v) is 6.12. The summed E-state index contributed by atoms with van der Waals surface area (Å²) in [6.07, 6.45) is 0.381. The summed E-state index contributed by atoms with van der Waals surface area (Å²) >= 11 is 5.78. The molecule has 0 saturated carbocycles. The van der Waals surface area contributed by atoms with Crippen LogP contribution in [0.25, 0.3) is 0 Å². The van der Waals surface area contributed by atoms with E-state index in [4.69, 9.17) is 11.6 Å². The first kappa shape index (κ1) is 11.2. The largest absolute Gasteiger partial charge is 0.302 e. The molecule has 1 aromatic rings. The zero-order valence-electron chi connectivity index (χ0n) is 7.31. The topological polar surface area (TPSA) is 51.2 Å². The van der Waals surface area contributed by atoms with Gasteiger partial charge in [-0.15, -0.1) is 0 Å². The Balaban J connectivity index is 2.89. The highest BCUT2D eigenvalue weighted by molar-refractivity contribution is 7.91. The van der Waals surface area contributed by atoms with E-state index in [0.29, 0.717) is 16.9 Å². The van der Waals surface area contributed by atoms with Crippen LogP contribution in [0.5, 0.6) is 0 Å². The highest BCUT2D eigenvalue weighted by Gasteiger charge is 2.12. The molecule has 1 rings (SSSR count). The molecule has 0 aliphatic carbocycles. The van der Waals surface area contributed by atoms with Gasteiger partial charge in [-0.2, -0.15) is 0 Å². The van der Waals surface area contributed by atoms with Crippen LogP contribution < -0.4 is 0 Å². The summed E-state index contributed by atoms with van der Waals surface area (Å²) in [6.45, 7) is 0. The lowest BCUT2D eigenvalue weighted by Gasteiger charge is -2.02. The van der Waals surface area contributed by atoms with Gasteiger partial charge >= 0.3 is 0 Å². The Labute approximate surface area is 87.6 Å². The SMILES string of the molecule is O=CCS(=O)(=O)Cc1ccccc1Cl. The third-order valence-electron chi connectivity index (χ3n) is 1.66. The molecule has 0 heterocycles. The maximum atomic E-state index is 11.3. The molecule has 0 radical (unpaired) electrons. The quantitative estimate of drug-likeness (QED) is 0.739. The summed E-state index contributed by atoms with van der Waals surface area (Å²) in [7, 11) is -3.36. The van der Waals surface area contributed by atoms with Gasteiger partial charge in [-0.1, -0.05) is 29.8 Å². The van der Waals surface area contributed by atoms with Gasteiger partial charge in [0.05, 0.1) is 5.75 Å². The molecule has 0 fully saturated rings. The van der Waals surface area contributed by atoms with E-state index in [-0.39, 0.29) is 5.75 Å². The Bertz CT molecular complexity index is 425. The number of halogens is 1. The molecule has 0 unspecified atom stereocenters. The lowest BCUT2D eigenvalue weighted by atomic mass is 10.2. The molecule has 3 nitrogen and oxygen atoms in total. The van der Waals surface area contributed by atoms with E-state index in [1.807, 2.05) is 0 Å². The average molecular weight is 233 g/mol. The zero-order chi connectivity index (χ0) is 10.6. The number of benzene rings is 1. The number of hydrogen-bond acceptors (Lipinski definition) is 3. The summed E-state index contributed by atoms with van der Waals surface area (Å²) in [5.74, 6) is -0.649. The molecule has 14 heavy (non-hydrogen) atoms. The van der Waals surface area contributed by atoms with E-state index >= 15 is 0 Å². The van der Waals surface area contributed by atoms with Gasteiger partial charge in [0, 0.05) is 5.02 Å². The summed E-state index contributed by atoms with van der Waals surface area (Å²) in [4.78, 5) is 10.1. The van der Waals surface area contributed by atoms with E-state index in [9.17, 15) is 13.2 Å². The van der Waals surface area contributed by atoms with Crippen LogP contribution in [0.15, 0.2) is 24.3 Å². The molecule has 0 saturated heterocycles. The van der Waals surface area contributed by atoms with Crippen LogP contribution in [0, 0.1) is 0 Å². The van der Waals surface area contributed by atoms with Crippen molar-refractivity contribution in [2.24, 2.45) is 0 Å². The van der Waals surface area contributed by atoms with Crippen molar-refractivity contribution in [3.63, 3.8) is 0 Å². The standard InChI is InChI=1S/C9H9ClO3S/c10-9-4-2-1-3-8(9)7-14(12,13)6-5-11/h1-5H,6-7H2. The van der Waals surface area contributed by atoms with Gasteiger partial charge < -0.3 is 4.79 Å². The smallest absolute Gasteiger partial charge is 0.161 e. The van der Waals surface area contributed by atoms with Crippen LogP contribution in [0.2, 0.25) is 5.02 Å². The lowest BCUT2D eigenvalue weighted by molar-refractivity contribution is -0.105. The van der Waals surface area contributed by atoms with Crippen molar-refractivity contribution in [1.29, 1.82) is 0 Å². The number of carbonyl (C=O) groups excluding carboxylic acids is 1. The highest BCUT2D eigenvalue weighted by Crippen LogP contribution is 2.17. The molecular weight excluding hydrogens is 224 g/mol. The van der Waals surface area contributed by atoms with Crippen molar-refractivity contribution in [1.82, 2.24) is 0 Å². The number of rotatable bonds is 4. The van der Waals surface area contributed by atoms with Crippen LogP contribution in [0.4, 0.5) is 0 Å². The minimum atomic E-state index is -3.36. The Morgan fingerprint density at radius 1 is 1.29 bits per heavy atom. The van der Waals surface area contributed by atoms with Crippen molar-refractivity contribution >= 4 is 27.7 Å². The summed E-state index contributed by atoms with van der Waals surface area (Å²) in [6, 6.07) is 6.67. The van der Waals surface area contributed by atoms with Crippen LogP contribution in [-0.2, 0) is 20.4 Å². The molecule has 0 spiro atoms. The molecule has 0 bridgehead atoms. The summed E-state index contributed by atoms with van der Waals surface area (Å²) in [5, 5.41) is 0.405. The minimum Gasteiger partial charge on any atom is -0.302 e. The highest BCUT2D eigenvalue weighted by atomic mass is 35.5. The second-order valence-corrected chi connectivity index (χ2v) is 5.33. The molecular formula is C9H9ClO3S. The van der Waals surface area contributed by atoms with Crippen molar-refractivity contribution in [3.8, 4) is 0 Å². The van der Waals surface area contributed by atoms with Gasteiger partial charge in [-0.25, -0.2) is 8.42 Å². The fourth-order valence-corrected chi connectivity index (χ4v) is 2.35. The van der Waals surface area contributed by atoms with E-state index in [2.05, 4.69) is 0 Å². The van der Waals surface area contributed by atoms with E-state index in [1.54, 1.807) is 24.3 Å². The van der Waals surface area contributed by atoms with Gasteiger partial charge in [-0.3, -0.25) is 0 Å². The molecule has 0 N–H and O–H groups in total.